The Labute approximate surface area is 129 Å². The third-order valence-electron chi connectivity index (χ3n) is 3.13. The van der Waals surface area contributed by atoms with E-state index < -0.39 is 0 Å². The highest BCUT2D eigenvalue weighted by Gasteiger charge is 2.17. The van der Waals surface area contributed by atoms with Crippen molar-refractivity contribution in [2.75, 3.05) is 11.9 Å². The molecule has 0 amide bonds. The largest absolute Gasteiger partial charge is 0.493 e. The van der Waals surface area contributed by atoms with Crippen LogP contribution in [0.2, 0.25) is 0 Å². The van der Waals surface area contributed by atoms with Gasteiger partial charge in [-0.2, -0.15) is 0 Å². The number of hydrogen-bond acceptors (Lipinski definition) is 2. The molecule has 0 atom stereocenters. The lowest BCUT2D eigenvalue weighted by Crippen LogP contribution is -2.01. The van der Waals surface area contributed by atoms with Crippen molar-refractivity contribution in [2.24, 2.45) is 0 Å². The molecule has 0 fully saturated rings. The molecule has 98 valence electrons. The molecule has 2 aromatic rings. The lowest BCUT2D eigenvalue weighted by molar-refractivity contribution is 0.354. The summed E-state index contributed by atoms with van der Waals surface area (Å²) in [5, 5.41) is 3.43. The summed E-state index contributed by atoms with van der Waals surface area (Å²) in [6, 6.07) is 12.4. The summed E-state index contributed by atoms with van der Waals surface area (Å²) in [6.45, 7) is 1.55. The summed E-state index contributed by atoms with van der Waals surface area (Å²) in [4.78, 5) is 0. The van der Waals surface area contributed by atoms with Gasteiger partial charge in [-0.1, -0.05) is 37.9 Å². The Kier molecular flexibility index (Phi) is 3.80. The van der Waals surface area contributed by atoms with E-state index in [0.717, 1.165) is 40.0 Å². The second kappa shape index (κ2) is 5.55. The molecule has 0 saturated heterocycles. The van der Waals surface area contributed by atoms with Crippen LogP contribution >= 0.6 is 31.9 Å². The first kappa shape index (κ1) is 13.0. The van der Waals surface area contributed by atoms with Crippen molar-refractivity contribution in [3.05, 3.63) is 56.5 Å². The molecule has 4 heteroatoms. The summed E-state index contributed by atoms with van der Waals surface area (Å²) in [5.74, 6) is 1.05. The Morgan fingerprint density at radius 3 is 2.84 bits per heavy atom. The van der Waals surface area contributed by atoms with Crippen LogP contribution in [0.4, 0.5) is 5.69 Å². The first-order valence-corrected chi connectivity index (χ1v) is 7.74. The van der Waals surface area contributed by atoms with Gasteiger partial charge in [-0.25, -0.2) is 0 Å². The number of fused-ring (bicyclic) bond motifs is 1. The second-order valence-corrected chi connectivity index (χ2v) is 6.35. The van der Waals surface area contributed by atoms with E-state index in [9.17, 15) is 0 Å². The SMILES string of the molecule is Brc1cccc(NCc2cc(Br)cc3c2OCC3)c1. The molecule has 1 aliphatic heterocycles. The third-order valence-corrected chi connectivity index (χ3v) is 4.08. The van der Waals surface area contributed by atoms with E-state index in [2.05, 4.69) is 61.4 Å². The predicted molar refractivity (Wildman–Crippen MR) is 84.8 cm³/mol. The van der Waals surface area contributed by atoms with Crippen LogP contribution in [0.3, 0.4) is 0 Å². The summed E-state index contributed by atoms with van der Waals surface area (Å²) in [5.41, 5.74) is 3.59. The predicted octanol–water partition coefficient (Wildman–Crippen LogP) is 4.76. The number of hydrogen-bond donors (Lipinski definition) is 1. The summed E-state index contributed by atoms with van der Waals surface area (Å²) in [7, 11) is 0. The fraction of sp³-hybridized carbons (Fsp3) is 0.200. The van der Waals surface area contributed by atoms with Crippen molar-refractivity contribution in [1.29, 1.82) is 0 Å². The zero-order valence-corrected chi connectivity index (χ0v) is 13.4. The summed E-state index contributed by atoms with van der Waals surface area (Å²) >= 11 is 7.04. The number of benzene rings is 2. The van der Waals surface area contributed by atoms with Gasteiger partial charge in [0.05, 0.1) is 6.61 Å². The van der Waals surface area contributed by atoms with E-state index in [0.29, 0.717) is 0 Å². The Balaban J connectivity index is 1.81. The highest BCUT2D eigenvalue weighted by atomic mass is 79.9. The topological polar surface area (TPSA) is 21.3 Å². The average molecular weight is 383 g/mol. The van der Waals surface area contributed by atoms with Crippen LogP contribution in [0.1, 0.15) is 11.1 Å². The molecule has 0 aromatic heterocycles. The van der Waals surface area contributed by atoms with E-state index >= 15 is 0 Å². The Bertz CT molecular complexity index is 613. The molecular formula is C15H13Br2NO. The Morgan fingerprint density at radius 2 is 2.00 bits per heavy atom. The highest BCUT2D eigenvalue weighted by Crippen LogP contribution is 2.33. The molecule has 3 rings (SSSR count). The number of nitrogens with one attached hydrogen (secondary N) is 1. The van der Waals surface area contributed by atoms with Gasteiger partial charge in [0.25, 0.3) is 0 Å². The number of halogens is 2. The molecule has 0 bridgehead atoms. The summed E-state index contributed by atoms with van der Waals surface area (Å²) in [6.07, 6.45) is 0.999. The van der Waals surface area contributed by atoms with E-state index in [1.165, 1.54) is 11.1 Å². The zero-order chi connectivity index (χ0) is 13.2. The van der Waals surface area contributed by atoms with E-state index in [1.807, 2.05) is 12.1 Å². The first-order chi connectivity index (χ1) is 9.22. The lowest BCUT2D eigenvalue weighted by atomic mass is 10.1. The minimum absolute atomic E-state index is 0.762. The van der Waals surface area contributed by atoms with Crippen molar-refractivity contribution in [3.63, 3.8) is 0 Å². The molecule has 2 nitrogen and oxygen atoms in total. The Morgan fingerprint density at radius 1 is 1.11 bits per heavy atom. The molecule has 2 aromatic carbocycles. The van der Waals surface area contributed by atoms with Gasteiger partial charge in [-0.15, -0.1) is 0 Å². The average Bonchev–Trinajstić information content (AvgIpc) is 2.84. The van der Waals surface area contributed by atoms with Crippen LogP contribution in [0, 0.1) is 0 Å². The van der Waals surface area contributed by atoms with Gasteiger partial charge in [0.1, 0.15) is 5.75 Å². The minimum atomic E-state index is 0.762. The third kappa shape index (κ3) is 2.95. The normalized spacial score (nSPS) is 12.9. The van der Waals surface area contributed by atoms with Crippen molar-refractivity contribution >= 4 is 37.5 Å². The Hall–Kier alpha value is -1.00. The van der Waals surface area contributed by atoms with Crippen LogP contribution in [-0.4, -0.2) is 6.61 Å². The molecule has 19 heavy (non-hydrogen) atoms. The van der Waals surface area contributed by atoms with E-state index in [-0.39, 0.29) is 0 Å². The van der Waals surface area contributed by atoms with Crippen molar-refractivity contribution < 1.29 is 4.74 Å². The van der Waals surface area contributed by atoms with Crippen molar-refractivity contribution in [2.45, 2.75) is 13.0 Å². The molecule has 0 aliphatic carbocycles. The summed E-state index contributed by atoms with van der Waals surface area (Å²) < 4.78 is 7.92. The molecule has 0 spiro atoms. The van der Waals surface area contributed by atoms with Crippen LogP contribution in [0.25, 0.3) is 0 Å². The van der Waals surface area contributed by atoms with Gasteiger partial charge in [0.2, 0.25) is 0 Å². The lowest BCUT2D eigenvalue weighted by Gasteiger charge is -2.11. The van der Waals surface area contributed by atoms with Crippen LogP contribution in [0.5, 0.6) is 5.75 Å². The maximum Gasteiger partial charge on any atom is 0.127 e. The molecule has 1 aliphatic rings. The maximum absolute atomic E-state index is 5.73. The van der Waals surface area contributed by atoms with E-state index in [1.54, 1.807) is 0 Å². The molecule has 0 radical (unpaired) electrons. The van der Waals surface area contributed by atoms with Gasteiger partial charge in [-0.05, 0) is 35.9 Å². The van der Waals surface area contributed by atoms with Crippen LogP contribution in [-0.2, 0) is 13.0 Å². The number of rotatable bonds is 3. The molecule has 0 unspecified atom stereocenters. The van der Waals surface area contributed by atoms with Gasteiger partial charge in [0.15, 0.2) is 0 Å². The minimum Gasteiger partial charge on any atom is -0.493 e. The monoisotopic (exact) mass is 381 g/mol. The maximum atomic E-state index is 5.73. The molecule has 0 saturated carbocycles. The number of ether oxygens (including phenoxy) is 1. The number of anilines is 1. The molecule has 1 heterocycles. The van der Waals surface area contributed by atoms with E-state index in [4.69, 9.17) is 4.74 Å². The molecule has 1 N–H and O–H groups in total. The van der Waals surface area contributed by atoms with Crippen molar-refractivity contribution in [1.82, 2.24) is 0 Å². The van der Waals surface area contributed by atoms with Crippen LogP contribution < -0.4 is 10.1 Å². The van der Waals surface area contributed by atoms with Gasteiger partial charge < -0.3 is 10.1 Å². The standard InChI is InChI=1S/C15H13Br2NO/c16-12-2-1-3-14(8-12)18-9-11-7-13(17)6-10-4-5-19-15(10)11/h1-3,6-8,18H,4-5,9H2. The smallest absolute Gasteiger partial charge is 0.127 e. The molecular weight excluding hydrogens is 370 g/mol. The van der Waals surface area contributed by atoms with Gasteiger partial charge in [0, 0.05) is 33.2 Å². The van der Waals surface area contributed by atoms with Crippen LogP contribution in [0.15, 0.2) is 45.3 Å². The highest BCUT2D eigenvalue weighted by molar-refractivity contribution is 9.10. The quantitative estimate of drug-likeness (QED) is 0.826. The fourth-order valence-corrected chi connectivity index (χ4v) is 3.22. The fourth-order valence-electron chi connectivity index (χ4n) is 2.27. The second-order valence-electron chi connectivity index (χ2n) is 4.52. The van der Waals surface area contributed by atoms with Gasteiger partial charge in [-0.3, -0.25) is 0 Å². The first-order valence-electron chi connectivity index (χ1n) is 6.16. The zero-order valence-electron chi connectivity index (χ0n) is 10.2. The van der Waals surface area contributed by atoms with Crippen molar-refractivity contribution in [3.8, 4) is 5.75 Å². The van der Waals surface area contributed by atoms with Gasteiger partial charge >= 0.3 is 0 Å².